The Kier molecular flexibility index (Phi) is 5.16. The molecule has 6 nitrogen and oxygen atoms in total. The van der Waals surface area contributed by atoms with Crippen molar-refractivity contribution in [1.82, 2.24) is 0 Å². The van der Waals surface area contributed by atoms with Gasteiger partial charge in [-0.15, -0.1) is 0 Å². The zero-order valence-electron chi connectivity index (χ0n) is 13.0. The van der Waals surface area contributed by atoms with E-state index in [1.54, 1.807) is 38.1 Å². The van der Waals surface area contributed by atoms with Crippen LogP contribution in [0.1, 0.15) is 25.8 Å². The third-order valence-corrected chi connectivity index (χ3v) is 3.36. The van der Waals surface area contributed by atoms with E-state index in [1.165, 1.54) is 6.08 Å². The van der Waals surface area contributed by atoms with Crippen LogP contribution in [0.25, 0.3) is 5.57 Å². The highest BCUT2D eigenvalue weighted by atomic mass is 16.6. The summed E-state index contributed by atoms with van der Waals surface area (Å²) >= 11 is 0. The van der Waals surface area contributed by atoms with Crippen LogP contribution >= 0.6 is 0 Å². The summed E-state index contributed by atoms with van der Waals surface area (Å²) in [5.41, 5.74) is -0.853. The lowest BCUT2D eigenvalue weighted by molar-refractivity contribution is -0.194. The fraction of sp³-hybridized carbons (Fsp3) is 0.353. The molecule has 0 aliphatic carbocycles. The van der Waals surface area contributed by atoms with Gasteiger partial charge in [0.1, 0.15) is 0 Å². The van der Waals surface area contributed by atoms with Crippen molar-refractivity contribution in [2.75, 3.05) is 13.2 Å². The van der Waals surface area contributed by atoms with E-state index in [4.69, 9.17) is 14.2 Å². The number of carbonyl (C=O) groups is 3. The number of hydrogen-bond donors (Lipinski definition) is 0. The molecule has 2 rings (SSSR count). The second kappa shape index (κ2) is 7.09. The van der Waals surface area contributed by atoms with E-state index in [1.807, 2.05) is 6.07 Å². The molecule has 0 amide bonds. The number of esters is 3. The van der Waals surface area contributed by atoms with Crippen LogP contribution < -0.4 is 0 Å². The molecular formula is C17H18O6. The van der Waals surface area contributed by atoms with Gasteiger partial charge in [0.2, 0.25) is 0 Å². The van der Waals surface area contributed by atoms with Gasteiger partial charge in [-0.05, 0) is 25.0 Å². The summed E-state index contributed by atoms with van der Waals surface area (Å²) in [6, 6.07) is 8.99. The van der Waals surface area contributed by atoms with Gasteiger partial charge in [-0.1, -0.05) is 30.3 Å². The third-order valence-electron chi connectivity index (χ3n) is 3.36. The smallest absolute Gasteiger partial charge is 0.362 e. The van der Waals surface area contributed by atoms with Crippen LogP contribution in [0.4, 0.5) is 0 Å². The second-order valence-corrected chi connectivity index (χ2v) is 4.90. The average Bonchev–Trinajstić information content (AvgIpc) is 2.55. The van der Waals surface area contributed by atoms with Crippen molar-refractivity contribution in [3.63, 3.8) is 0 Å². The summed E-state index contributed by atoms with van der Waals surface area (Å²) in [5.74, 6) is -2.63. The fourth-order valence-corrected chi connectivity index (χ4v) is 2.34. The Labute approximate surface area is 134 Å². The molecule has 122 valence electrons. The van der Waals surface area contributed by atoms with E-state index in [0.29, 0.717) is 5.57 Å². The first-order valence-corrected chi connectivity index (χ1v) is 7.37. The average molecular weight is 318 g/mol. The first-order valence-electron chi connectivity index (χ1n) is 7.37. The van der Waals surface area contributed by atoms with Crippen molar-refractivity contribution in [3.8, 4) is 0 Å². The maximum absolute atomic E-state index is 12.3. The summed E-state index contributed by atoms with van der Waals surface area (Å²) in [6.07, 6.45) is 1.15. The highest BCUT2D eigenvalue weighted by Gasteiger charge is 2.55. The van der Waals surface area contributed by atoms with E-state index in [2.05, 4.69) is 0 Å². The number of benzene rings is 1. The van der Waals surface area contributed by atoms with E-state index < -0.39 is 23.5 Å². The molecule has 1 heterocycles. The van der Waals surface area contributed by atoms with Gasteiger partial charge in [0, 0.05) is 12.5 Å². The lowest BCUT2D eigenvalue weighted by atomic mass is 9.88. The topological polar surface area (TPSA) is 78.9 Å². The summed E-state index contributed by atoms with van der Waals surface area (Å²) < 4.78 is 15.0. The molecule has 6 heteroatoms. The number of carbonyl (C=O) groups excluding carboxylic acids is 3. The first-order chi connectivity index (χ1) is 11.0. The van der Waals surface area contributed by atoms with Crippen LogP contribution in [0.2, 0.25) is 0 Å². The van der Waals surface area contributed by atoms with Gasteiger partial charge in [0.05, 0.1) is 13.2 Å². The Hall–Kier alpha value is -2.63. The second-order valence-electron chi connectivity index (χ2n) is 4.90. The van der Waals surface area contributed by atoms with Crippen LogP contribution in [0.3, 0.4) is 0 Å². The van der Waals surface area contributed by atoms with Gasteiger partial charge < -0.3 is 14.2 Å². The summed E-state index contributed by atoms with van der Waals surface area (Å²) in [7, 11) is 0. The van der Waals surface area contributed by atoms with Gasteiger partial charge in [-0.2, -0.15) is 0 Å². The molecule has 0 aromatic heterocycles. The fourth-order valence-electron chi connectivity index (χ4n) is 2.34. The number of cyclic esters (lactones) is 1. The SMILES string of the molecule is CCOC(=O)C1(C(=O)OCC)CC(c2ccccc2)=CC(=O)O1. The number of ether oxygens (including phenoxy) is 3. The molecule has 1 aromatic rings. The molecule has 1 aliphatic rings. The highest BCUT2D eigenvalue weighted by Crippen LogP contribution is 2.34. The zero-order chi connectivity index (χ0) is 16.9. The largest absolute Gasteiger partial charge is 0.463 e. The minimum Gasteiger partial charge on any atom is -0.463 e. The van der Waals surface area contributed by atoms with E-state index in [-0.39, 0.29) is 19.6 Å². The van der Waals surface area contributed by atoms with Gasteiger partial charge in [-0.3, -0.25) is 0 Å². The molecule has 23 heavy (non-hydrogen) atoms. The van der Waals surface area contributed by atoms with Crippen molar-refractivity contribution in [2.45, 2.75) is 25.9 Å². The minimum atomic E-state index is -2.09. The summed E-state index contributed by atoms with van der Waals surface area (Å²) in [5, 5.41) is 0. The van der Waals surface area contributed by atoms with Crippen LogP contribution in [0.5, 0.6) is 0 Å². The molecule has 1 aliphatic heterocycles. The van der Waals surface area contributed by atoms with Gasteiger partial charge in [-0.25, -0.2) is 14.4 Å². The normalized spacial score (nSPS) is 16.1. The Morgan fingerprint density at radius 2 is 1.65 bits per heavy atom. The molecule has 0 N–H and O–H groups in total. The molecule has 0 atom stereocenters. The maximum atomic E-state index is 12.3. The van der Waals surface area contributed by atoms with Gasteiger partial charge >= 0.3 is 23.5 Å². The van der Waals surface area contributed by atoms with Crippen molar-refractivity contribution >= 4 is 23.5 Å². The Morgan fingerprint density at radius 1 is 1.09 bits per heavy atom. The van der Waals surface area contributed by atoms with Crippen molar-refractivity contribution < 1.29 is 28.6 Å². The quantitative estimate of drug-likeness (QED) is 0.468. The van der Waals surface area contributed by atoms with Crippen molar-refractivity contribution in [1.29, 1.82) is 0 Å². The van der Waals surface area contributed by atoms with Gasteiger partial charge in [0.15, 0.2) is 0 Å². The van der Waals surface area contributed by atoms with Crippen LogP contribution in [0.15, 0.2) is 36.4 Å². The Bertz CT molecular complexity index is 614. The molecule has 1 aromatic carbocycles. The first kappa shape index (κ1) is 16.7. The summed E-state index contributed by atoms with van der Waals surface area (Å²) in [6.45, 7) is 3.33. The maximum Gasteiger partial charge on any atom is 0.362 e. The van der Waals surface area contributed by atoms with Gasteiger partial charge in [0.25, 0.3) is 0 Å². The molecular weight excluding hydrogens is 300 g/mol. The standard InChI is InChI=1S/C17H18O6/c1-3-21-15(19)17(16(20)22-4-2)11-13(10-14(18)23-17)12-8-6-5-7-9-12/h5-10H,3-4,11H2,1-2H3. The van der Waals surface area contributed by atoms with Crippen molar-refractivity contribution in [3.05, 3.63) is 42.0 Å². The van der Waals surface area contributed by atoms with E-state index >= 15 is 0 Å². The molecule has 0 saturated carbocycles. The molecule has 0 unspecified atom stereocenters. The molecule has 0 saturated heterocycles. The molecule has 0 radical (unpaired) electrons. The minimum absolute atomic E-state index is 0.0575. The molecule has 0 spiro atoms. The van der Waals surface area contributed by atoms with Crippen LogP contribution in [0, 0.1) is 0 Å². The number of rotatable bonds is 5. The van der Waals surface area contributed by atoms with Crippen LogP contribution in [-0.4, -0.2) is 36.7 Å². The van der Waals surface area contributed by atoms with Crippen molar-refractivity contribution in [2.24, 2.45) is 0 Å². The number of hydrogen-bond acceptors (Lipinski definition) is 6. The molecule has 0 bridgehead atoms. The Balaban J connectivity index is 2.43. The predicted molar refractivity (Wildman–Crippen MR) is 81.1 cm³/mol. The highest BCUT2D eigenvalue weighted by molar-refractivity contribution is 6.10. The lowest BCUT2D eigenvalue weighted by Gasteiger charge is -2.32. The van der Waals surface area contributed by atoms with E-state index in [0.717, 1.165) is 5.56 Å². The Morgan fingerprint density at radius 3 is 2.17 bits per heavy atom. The zero-order valence-corrected chi connectivity index (χ0v) is 13.0. The lowest BCUT2D eigenvalue weighted by Crippen LogP contribution is -2.53. The summed E-state index contributed by atoms with van der Waals surface area (Å²) in [4.78, 5) is 36.6. The van der Waals surface area contributed by atoms with Crippen LogP contribution in [-0.2, 0) is 28.6 Å². The predicted octanol–water partition coefficient (Wildman–Crippen LogP) is 1.88. The molecule has 0 fully saturated rings. The third kappa shape index (κ3) is 3.41. The monoisotopic (exact) mass is 318 g/mol. The van der Waals surface area contributed by atoms with E-state index in [9.17, 15) is 14.4 Å².